The Bertz CT molecular complexity index is 857. The van der Waals surface area contributed by atoms with E-state index in [9.17, 15) is 29.1 Å². The highest BCUT2D eigenvalue weighted by Crippen LogP contribution is 2.32. The molecule has 2 rings (SSSR count). The second-order valence-corrected chi connectivity index (χ2v) is 7.93. The smallest absolute Gasteiger partial charge is 0.407 e. The molecule has 1 saturated heterocycles. The van der Waals surface area contributed by atoms with Crippen molar-refractivity contribution in [1.29, 1.82) is 0 Å². The van der Waals surface area contributed by atoms with Gasteiger partial charge in [-0.05, 0) is 31.7 Å². The fourth-order valence-electron chi connectivity index (χ4n) is 3.72. The zero-order chi connectivity index (χ0) is 23.7. The minimum Gasteiger partial charge on any atom is -0.481 e. The van der Waals surface area contributed by atoms with E-state index in [2.05, 4.69) is 5.32 Å². The Hall–Kier alpha value is -3.43. The van der Waals surface area contributed by atoms with Crippen LogP contribution in [0.4, 0.5) is 4.79 Å². The quantitative estimate of drug-likeness (QED) is 0.464. The van der Waals surface area contributed by atoms with Crippen LogP contribution in [0, 0.1) is 5.92 Å². The van der Waals surface area contributed by atoms with Crippen LogP contribution in [0.15, 0.2) is 30.3 Å². The maximum atomic E-state index is 12.9. The summed E-state index contributed by atoms with van der Waals surface area (Å²) in [7, 11) is 0. The van der Waals surface area contributed by atoms with Crippen LogP contribution >= 0.6 is 0 Å². The summed E-state index contributed by atoms with van der Waals surface area (Å²) < 4.78 is 5.06. The minimum absolute atomic E-state index is 0.0493. The Balaban J connectivity index is 1.91. The Morgan fingerprint density at radius 1 is 1.16 bits per heavy atom. The molecule has 10 nitrogen and oxygen atoms in total. The predicted octanol–water partition coefficient (Wildman–Crippen LogP) is 1.82. The number of carboxylic acids is 2. The normalized spacial score (nSPS) is 18.6. The van der Waals surface area contributed by atoms with E-state index in [1.807, 2.05) is 18.2 Å². The van der Waals surface area contributed by atoms with Crippen LogP contribution in [0.3, 0.4) is 0 Å². The number of carbonyl (C=O) groups excluding carboxylic acids is 3. The second kappa shape index (κ2) is 11.3. The highest BCUT2D eigenvalue weighted by molar-refractivity contribution is 5.96. The number of hydrogen-bond donors (Lipinski definition) is 3. The van der Waals surface area contributed by atoms with Gasteiger partial charge in [-0.15, -0.1) is 0 Å². The molecule has 32 heavy (non-hydrogen) atoms. The molecule has 2 atom stereocenters. The highest BCUT2D eigenvalue weighted by Gasteiger charge is 2.46. The molecule has 1 aliphatic rings. The SMILES string of the molecule is CC1(C(=O)CC(CCC(=O)O)C(=O)O)CCCN1C(=O)CNC(=O)OCc1ccccc1. The number of likely N-dealkylation sites (tertiary alicyclic amines) is 1. The summed E-state index contributed by atoms with van der Waals surface area (Å²) in [6.45, 7) is 1.56. The third kappa shape index (κ3) is 6.79. The number of ketones is 1. The van der Waals surface area contributed by atoms with Gasteiger partial charge in [0.15, 0.2) is 5.78 Å². The zero-order valence-electron chi connectivity index (χ0n) is 17.9. The third-order valence-corrected chi connectivity index (χ3v) is 5.63. The summed E-state index contributed by atoms with van der Waals surface area (Å²) in [6, 6.07) is 9.03. The number of nitrogens with one attached hydrogen (secondary N) is 1. The lowest BCUT2D eigenvalue weighted by Crippen LogP contribution is -2.54. The van der Waals surface area contributed by atoms with Crippen LogP contribution in [0.1, 0.15) is 44.6 Å². The number of carbonyl (C=O) groups is 5. The number of Topliss-reactive ketones (excluding diaryl/α,β-unsaturated/α-hetero) is 1. The van der Waals surface area contributed by atoms with Crippen molar-refractivity contribution >= 4 is 29.7 Å². The summed E-state index contributed by atoms with van der Waals surface area (Å²) in [5, 5.41) is 20.5. The lowest BCUT2D eigenvalue weighted by Gasteiger charge is -2.34. The van der Waals surface area contributed by atoms with Crippen LogP contribution in [-0.4, -0.2) is 63.5 Å². The van der Waals surface area contributed by atoms with E-state index in [4.69, 9.17) is 9.84 Å². The number of carboxylic acid groups (broad SMARTS) is 2. The lowest BCUT2D eigenvalue weighted by atomic mass is 9.85. The molecular weight excluding hydrogens is 420 g/mol. The minimum atomic E-state index is -1.25. The number of hydrogen-bond acceptors (Lipinski definition) is 6. The van der Waals surface area contributed by atoms with Crippen molar-refractivity contribution in [2.45, 2.75) is 51.2 Å². The van der Waals surface area contributed by atoms with E-state index < -0.39 is 41.2 Å². The van der Waals surface area contributed by atoms with Gasteiger partial charge in [-0.3, -0.25) is 19.2 Å². The Kier molecular flexibility index (Phi) is 8.74. The largest absolute Gasteiger partial charge is 0.481 e. The molecule has 0 saturated carbocycles. The molecule has 0 aliphatic carbocycles. The zero-order valence-corrected chi connectivity index (χ0v) is 17.9. The average molecular weight is 448 g/mol. The van der Waals surface area contributed by atoms with E-state index >= 15 is 0 Å². The van der Waals surface area contributed by atoms with E-state index in [0.29, 0.717) is 19.4 Å². The van der Waals surface area contributed by atoms with E-state index in [-0.39, 0.29) is 32.4 Å². The molecule has 1 aliphatic heterocycles. The number of rotatable bonds is 11. The molecule has 3 N–H and O–H groups in total. The molecule has 10 heteroatoms. The van der Waals surface area contributed by atoms with Crippen molar-refractivity contribution < 1.29 is 38.9 Å². The van der Waals surface area contributed by atoms with Crippen molar-refractivity contribution in [2.75, 3.05) is 13.1 Å². The van der Waals surface area contributed by atoms with Gasteiger partial charge in [0.2, 0.25) is 5.91 Å². The maximum absolute atomic E-state index is 12.9. The fraction of sp³-hybridized carbons (Fsp3) is 0.500. The van der Waals surface area contributed by atoms with Crippen LogP contribution < -0.4 is 5.32 Å². The third-order valence-electron chi connectivity index (χ3n) is 5.63. The van der Waals surface area contributed by atoms with Crippen LogP contribution in [0.2, 0.25) is 0 Å². The Labute approximate surface area is 185 Å². The Morgan fingerprint density at radius 3 is 2.47 bits per heavy atom. The van der Waals surface area contributed by atoms with Gasteiger partial charge in [-0.2, -0.15) is 0 Å². The van der Waals surface area contributed by atoms with Crippen molar-refractivity contribution in [3.63, 3.8) is 0 Å². The molecule has 174 valence electrons. The first kappa shape index (κ1) is 24.8. The summed E-state index contributed by atoms with van der Waals surface area (Å²) >= 11 is 0. The molecule has 1 aromatic rings. The number of ether oxygens (including phenoxy) is 1. The van der Waals surface area contributed by atoms with E-state index in [1.165, 1.54) is 4.90 Å². The second-order valence-electron chi connectivity index (χ2n) is 7.93. The first-order chi connectivity index (χ1) is 15.1. The van der Waals surface area contributed by atoms with Gasteiger partial charge in [0.1, 0.15) is 13.2 Å². The number of amides is 2. The first-order valence-electron chi connectivity index (χ1n) is 10.4. The molecule has 1 heterocycles. The highest BCUT2D eigenvalue weighted by atomic mass is 16.5. The van der Waals surface area contributed by atoms with E-state index in [1.54, 1.807) is 19.1 Å². The van der Waals surface area contributed by atoms with Crippen molar-refractivity contribution in [2.24, 2.45) is 5.92 Å². The first-order valence-corrected chi connectivity index (χ1v) is 10.4. The molecule has 2 amide bonds. The lowest BCUT2D eigenvalue weighted by molar-refractivity contribution is -0.148. The van der Waals surface area contributed by atoms with Crippen LogP contribution in [0.25, 0.3) is 0 Å². The standard InChI is InChI=1S/C22H28N2O8/c1-22(17(25)12-16(20(29)30)8-9-19(27)28)10-5-11-24(22)18(26)13-23-21(31)32-14-15-6-3-2-4-7-15/h2-4,6-7,16H,5,8-14H2,1H3,(H,23,31)(H,27,28)(H,29,30). The van der Waals surface area contributed by atoms with Crippen molar-refractivity contribution in [3.05, 3.63) is 35.9 Å². The van der Waals surface area contributed by atoms with Gasteiger partial charge in [0.25, 0.3) is 0 Å². The van der Waals surface area contributed by atoms with Gasteiger partial charge in [0, 0.05) is 19.4 Å². The molecule has 0 bridgehead atoms. The predicted molar refractivity (Wildman–Crippen MR) is 112 cm³/mol. The van der Waals surface area contributed by atoms with Gasteiger partial charge in [-0.25, -0.2) is 4.79 Å². The van der Waals surface area contributed by atoms with Gasteiger partial charge in [-0.1, -0.05) is 30.3 Å². The molecule has 1 aromatic carbocycles. The van der Waals surface area contributed by atoms with Crippen LogP contribution in [0.5, 0.6) is 0 Å². The van der Waals surface area contributed by atoms with Gasteiger partial charge >= 0.3 is 18.0 Å². The number of alkyl carbamates (subject to hydrolysis) is 1. The summed E-state index contributed by atoms with van der Waals surface area (Å²) in [5.74, 6) is -4.45. The van der Waals surface area contributed by atoms with E-state index in [0.717, 1.165) is 5.56 Å². The Morgan fingerprint density at radius 2 is 1.84 bits per heavy atom. The number of nitrogens with zero attached hydrogens (tertiary/aromatic N) is 1. The fourth-order valence-corrected chi connectivity index (χ4v) is 3.72. The topological polar surface area (TPSA) is 150 Å². The molecule has 0 radical (unpaired) electrons. The molecular formula is C22H28N2O8. The molecule has 2 unspecified atom stereocenters. The van der Waals surface area contributed by atoms with Gasteiger partial charge < -0.3 is 25.2 Å². The summed E-state index contributed by atoms with van der Waals surface area (Å²) in [5.41, 5.74) is -0.411. The number of aliphatic carboxylic acids is 2. The maximum Gasteiger partial charge on any atom is 0.407 e. The molecule has 1 fully saturated rings. The monoisotopic (exact) mass is 448 g/mol. The van der Waals surface area contributed by atoms with Crippen molar-refractivity contribution in [1.82, 2.24) is 10.2 Å². The van der Waals surface area contributed by atoms with Crippen LogP contribution in [-0.2, 0) is 30.5 Å². The summed E-state index contributed by atoms with van der Waals surface area (Å²) in [4.78, 5) is 61.0. The summed E-state index contributed by atoms with van der Waals surface area (Å²) in [6.07, 6.45) is -0.752. The molecule has 0 spiro atoms. The average Bonchev–Trinajstić information content (AvgIpc) is 3.16. The molecule has 0 aromatic heterocycles. The number of benzene rings is 1. The van der Waals surface area contributed by atoms with Crippen molar-refractivity contribution in [3.8, 4) is 0 Å². The van der Waals surface area contributed by atoms with Gasteiger partial charge in [0.05, 0.1) is 11.5 Å².